The molecular weight excluding hydrogens is 338 g/mol. The van der Waals surface area contributed by atoms with E-state index in [4.69, 9.17) is 0 Å². The minimum Gasteiger partial charge on any atom is -0.306 e. The molecule has 0 amide bonds. The highest BCUT2D eigenvalue weighted by Crippen LogP contribution is 2.53. The zero-order valence-electron chi connectivity index (χ0n) is 22.1. The fourth-order valence-electron chi connectivity index (χ4n) is 5.55. The Morgan fingerprint density at radius 3 is 1.46 bits per heavy atom. The highest BCUT2D eigenvalue weighted by atomic mass is 15.1. The summed E-state index contributed by atoms with van der Waals surface area (Å²) in [5.41, 5.74) is 1.54. The number of piperidine rings is 1. The second-order valence-electron chi connectivity index (χ2n) is 8.95. The summed E-state index contributed by atoms with van der Waals surface area (Å²) in [6.07, 6.45) is 14.6. The summed E-state index contributed by atoms with van der Waals surface area (Å²) in [7, 11) is 2.27. The van der Waals surface area contributed by atoms with Gasteiger partial charge < -0.3 is 4.90 Å². The maximum absolute atomic E-state index is 2.51. The molecule has 2 saturated carbocycles. The molecule has 3 aliphatic rings. The predicted molar refractivity (Wildman–Crippen MR) is 132 cm³/mol. The van der Waals surface area contributed by atoms with Gasteiger partial charge >= 0.3 is 0 Å². The summed E-state index contributed by atoms with van der Waals surface area (Å²) in [4.78, 5) is 2.51. The largest absolute Gasteiger partial charge is 0.306 e. The molecule has 0 bridgehead atoms. The van der Waals surface area contributed by atoms with E-state index in [9.17, 15) is 0 Å². The van der Waals surface area contributed by atoms with E-state index in [0.29, 0.717) is 0 Å². The second kappa shape index (κ2) is 16.7. The molecule has 0 N–H and O–H groups in total. The Morgan fingerprint density at radius 2 is 1.25 bits per heavy atom. The Hall–Kier alpha value is -0.0400. The van der Waals surface area contributed by atoms with Gasteiger partial charge in [-0.3, -0.25) is 0 Å². The van der Waals surface area contributed by atoms with Crippen molar-refractivity contribution in [3.05, 3.63) is 0 Å². The molecule has 0 aromatic heterocycles. The van der Waals surface area contributed by atoms with Crippen LogP contribution in [0.25, 0.3) is 0 Å². The Balaban J connectivity index is 0. The van der Waals surface area contributed by atoms with Crippen LogP contribution in [0.15, 0.2) is 0 Å². The minimum absolute atomic E-state index is 0.757. The lowest BCUT2D eigenvalue weighted by Gasteiger charge is -2.53. The molecular formula is C27H59N. The van der Waals surface area contributed by atoms with Gasteiger partial charge in [-0.25, -0.2) is 0 Å². The monoisotopic (exact) mass is 397 g/mol. The Labute approximate surface area is 181 Å². The third-order valence-corrected chi connectivity index (χ3v) is 7.54. The first kappa shape index (κ1) is 30.2. The van der Waals surface area contributed by atoms with Crippen molar-refractivity contribution in [1.82, 2.24) is 4.90 Å². The van der Waals surface area contributed by atoms with Crippen LogP contribution in [0.1, 0.15) is 133 Å². The first-order valence-corrected chi connectivity index (χ1v) is 13.2. The summed E-state index contributed by atoms with van der Waals surface area (Å²) >= 11 is 0. The van der Waals surface area contributed by atoms with E-state index in [0.717, 1.165) is 22.7 Å². The quantitative estimate of drug-likeness (QED) is 0.457. The Morgan fingerprint density at radius 1 is 0.750 bits per heavy atom. The molecule has 3 rings (SSSR count). The molecule has 1 heteroatoms. The lowest BCUT2D eigenvalue weighted by molar-refractivity contribution is -0.0261. The minimum atomic E-state index is 0.757. The molecule has 1 saturated heterocycles. The van der Waals surface area contributed by atoms with Gasteiger partial charge in [0.15, 0.2) is 0 Å². The van der Waals surface area contributed by atoms with Gasteiger partial charge in [0, 0.05) is 6.54 Å². The van der Waals surface area contributed by atoms with Crippen LogP contribution in [0, 0.1) is 22.7 Å². The summed E-state index contributed by atoms with van der Waals surface area (Å²) in [5.74, 6) is 2.02. The maximum Gasteiger partial charge on any atom is 0.00375 e. The Kier molecular flexibility index (Phi) is 18.0. The van der Waals surface area contributed by atoms with Crippen molar-refractivity contribution < 1.29 is 0 Å². The zero-order chi connectivity index (χ0) is 22.2. The molecule has 0 aromatic rings. The van der Waals surface area contributed by atoms with Crippen molar-refractivity contribution in [2.45, 2.75) is 133 Å². The fourth-order valence-corrected chi connectivity index (χ4v) is 5.55. The maximum atomic E-state index is 2.51. The SMILES string of the molecule is CC.CC.CC.CC1CCC12CCCN(C)C2.CCCC1(CCC)CCC1C. The molecule has 3 fully saturated rings. The molecule has 3 unspecified atom stereocenters. The molecule has 1 heterocycles. The summed E-state index contributed by atoms with van der Waals surface area (Å²) in [6, 6.07) is 0. The van der Waals surface area contributed by atoms with Gasteiger partial charge in [-0.2, -0.15) is 0 Å². The van der Waals surface area contributed by atoms with Crippen LogP contribution in [0.5, 0.6) is 0 Å². The summed E-state index contributed by atoms with van der Waals surface area (Å²) in [6.45, 7) is 24.2. The van der Waals surface area contributed by atoms with Crippen molar-refractivity contribution in [3.63, 3.8) is 0 Å². The number of rotatable bonds is 4. The van der Waals surface area contributed by atoms with E-state index in [1.54, 1.807) is 0 Å². The average molecular weight is 398 g/mol. The van der Waals surface area contributed by atoms with Crippen LogP contribution in [-0.4, -0.2) is 25.0 Å². The molecule has 1 nitrogen and oxygen atoms in total. The van der Waals surface area contributed by atoms with Crippen LogP contribution >= 0.6 is 0 Å². The molecule has 172 valence electrons. The van der Waals surface area contributed by atoms with E-state index >= 15 is 0 Å². The van der Waals surface area contributed by atoms with E-state index in [-0.39, 0.29) is 0 Å². The number of hydrogen-bond donors (Lipinski definition) is 0. The van der Waals surface area contributed by atoms with Crippen LogP contribution in [0.4, 0.5) is 0 Å². The van der Waals surface area contributed by atoms with Crippen molar-refractivity contribution in [1.29, 1.82) is 0 Å². The molecule has 28 heavy (non-hydrogen) atoms. The highest BCUT2D eigenvalue weighted by Gasteiger charge is 2.45. The first-order valence-electron chi connectivity index (χ1n) is 13.2. The van der Waals surface area contributed by atoms with Gasteiger partial charge in [-0.1, -0.05) is 82.1 Å². The molecule has 2 aliphatic carbocycles. The van der Waals surface area contributed by atoms with Crippen molar-refractivity contribution in [3.8, 4) is 0 Å². The van der Waals surface area contributed by atoms with Crippen LogP contribution in [-0.2, 0) is 0 Å². The van der Waals surface area contributed by atoms with Crippen molar-refractivity contribution >= 4 is 0 Å². The van der Waals surface area contributed by atoms with Crippen molar-refractivity contribution in [2.24, 2.45) is 22.7 Å². The van der Waals surface area contributed by atoms with E-state index < -0.39 is 0 Å². The molecule has 3 atom stereocenters. The third kappa shape index (κ3) is 8.37. The predicted octanol–water partition coefficient (Wildman–Crippen LogP) is 9.21. The molecule has 1 spiro atoms. The van der Waals surface area contributed by atoms with Crippen LogP contribution in [0.2, 0.25) is 0 Å². The van der Waals surface area contributed by atoms with Gasteiger partial charge in [0.05, 0.1) is 0 Å². The average Bonchev–Trinajstić information content (AvgIpc) is 2.76. The molecule has 0 aromatic carbocycles. The van der Waals surface area contributed by atoms with Gasteiger partial charge in [0.1, 0.15) is 0 Å². The number of hydrogen-bond acceptors (Lipinski definition) is 1. The Bertz CT molecular complexity index is 314. The summed E-state index contributed by atoms with van der Waals surface area (Å²) in [5, 5.41) is 0. The highest BCUT2D eigenvalue weighted by molar-refractivity contribution is 4.97. The zero-order valence-corrected chi connectivity index (χ0v) is 22.1. The molecule has 0 radical (unpaired) electrons. The number of nitrogens with zero attached hydrogens (tertiary/aromatic N) is 1. The fraction of sp³-hybridized carbons (Fsp3) is 1.00. The van der Waals surface area contributed by atoms with E-state index in [1.165, 1.54) is 77.3 Å². The van der Waals surface area contributed by atoms with Gasteiger partial charge in [-0.05, 0) is 87.6 Å². The lowest BCUT2D eigenvalue weighted by Crippen LogP contribution is -2.50. The lowest BCUT2D eigenvalue weighted by atomic mass is 9.57. The summed E-state index contributed by atoms with van der Waals surface area (Å²) < 4.78 is 0. The van der Waals surface area contributed by atoms with E-state index in [1.807, 2.05) is 41.5 Å². The van der Waals surface area contributed by atoms with Gasteiger partial charge in [-0.15, -0.1) is 0 Å². The van der Waals surface area contributed by atoms with Crippen LogP contribution in [0.3, 0.4) is 0 Å². The normalized spacial score (nSPS) is 29.7. The smallest absolute Gasteiger partial charge is 0.00375 e. The van der Waals surface area contributed by atoms with Crippen LogP contribution < -0.4 is 0 Å². The van der Waals surface area contributed by atoms with Crippen molar-refractivity contribution in [2.75, 3.05) is 20.1 Å². The second-order valence-corrected chi connectivity index (χ2v) is 8.95. The van der Waals surface area contributed by atoms with E-state index in [2.05, 4.69) is 39.6 Å². The third-order valence-electron chi connectivity index (χ3n) is 7.54. The first-order chi connectivity index (χ1) is 13.5. The molecule has 1 aliphatic heterocycles. The van der Waals surface area contributed by atoms with Gasteiger partial charge in [0.25, 0.3) is 0 Å². The van der Waals surface area contributed by atoms with Gasteiger partial charge in [0.2, 0.25) is 0 Å². The standard InChI is InChI=1S/C11H22.C10H19N.3C2H6/c1-4-7-11(8-5-2)9-6-10(11)3;1-9-4-6-10(9)5-3-7-11(2)8-10;3*1-2/h10H,4-9H2,1-3H3;9H,3-8H2,1-2H3;3*1-2H3. The topological polar surface area (TPSA) is 3.24 Å². The number of likely N-dealkylation sites (tertiary alicyclic amines) is 1.